The summed E-state index contributed by atoms with van der Waals surface area (Å²) in [7, 11) is -2.45. The van der Waals surface area contributed by atoms with Crippen molar-refractivity contribution in [2.45, 2.75) is 11.4 Å². The number of hydrazone groups is 1. The number of rotatable bonds is 9. The van der Waals surface area contributed by atoms with Crippen molar-refractivity contribution in [1.82, 2.24) is 9.73 Å². The Hall–Kier alpha value is -2.91. The molecule has 3 aromatic carbocycles. The Morgan fingerprint density at radius 3 is 2.42 bits per heavy atom. The molecule has 0 spiro atoms. The summed E-state index contributed by atoms with van der Waals surface area (Å²) >= 11 is 12.0. The predicted molar refractivity (Wildman–Crippen MR) is 129 cm³/mol. The Kier molecular flexibility index (Phi) is 8.46. The lowest BCUT2D eigenvalue weighted by Crippen LogP contribution is -2.39. The molecule has 3 rings (SSSR count). The normalized spacial score (nSPS) is 11.6. The largest absolute Gasteiger partial charge is 0.496 e. The van der Waals surface area contributed by atoms with Crippen LogP contribution in [-0.4, -0.2) is 38.5 Å². The van der Waals surface area contributed by atoms with Gasteiger partial charge in [0.1, 0.15) is 5.75 Å². The van der Waals surface area contributed by atoms with Crippen LogP contribution in [0, 0.1) is 0 Å². The molecule has 1 amide bonds. The molecular formula is C23H21Cl2N3O4S. The zero-order chi connectivity index (χ0) is 23.8. The van der Waals surface area contributed by atoms with E-state index in [4.69, 9.17) is 27.9 Å². The summed E-state index contributed by atoms with van der Waals surface area (Å²) < 4.78 is 32.8. The van der Waals surface area contributed by atoms with Gasteiger partial charge in [0.05, 0.1) is 34.8 Å². The summed E-state index contributed by atoms with van der Waals surface area (Å²) in [5, 5.41) is 4.56. The number of carbonyl (C=O) groups excluding carboxylic acids is 1. The summed E-state index contributed by atoms with van der Waals surface area (Å²) in [6.45, 7) is -0.543. The first-order valence-electron chi connectivity index (χ1n) is 9.75. The highest BCUT2D eigenvalue weighted by Crippen LogP contribution is 2.25. The van der Waals surface area contributed by atoms with Crippen molar-refractivity contribution < 1.29 is 17.9 Å². The van der Waals surface area contributed by atoms with Crippen molar-refractivity contribution in [3.63, 3.8) is 0 Å². The van der Waals surface area contributed by atoms with Gasteiger partial charge < -0.3 is 4.74 Å². The van der Waals surface area contributed by atoms with Crippen LogP contribution in [0.25, 0.3) is 0 Å². The third kappa shape index (κ3) is 6.55. The highest BCUT2D eigenvalue weighted by atomic mass is 35.5. The van der Waals surface area contributed by atoms with Gasteiger partial charge in [0.15, 0.2) is 0 Å². The van der Waals surface area contributed by atoms with Crippen LogP contribution < -0.4 is 10.2 Å². The molecule has 33 heavy (non-hydrogen) atoms. The quantitative estimate of drug-likeness (QED) is 0.346. The standard InChI is InChI=1S/C23H21Cl2N3O4S/c1-32-22-10-6-5-7-18(22)14-26-27-23(29)16-28(15-17-11-12-20(24)21(25)13-17)33(30,31)19-8-3-2-4-9-19/h2-14H,15-16H2,1H3,(H,27,29)/b26-14+. The summed E-state index contributed by atoms with van der Waals surface area (Å²) in [5.74, 6) is -0.0240. The molecule has 0 aromatic heterocycles. The Bertz CT molecular complexity index is 1250. The van der Waals surface area contributed by atoms with E-state index in [1.165, 1.54) is 25.5 Å². The molecule has 172 valence electrons. The first kappa shape index (κ1) is 24.7. The second kappa shape index (κ2) is 11.3. The molecule has 0 bridgehead atoms. The fourth-order valence-electron chi connectivity index (χ4n) is 2.95. The predicted octanol–water partition coefficient (Wildman–Crippen LogP) is 4.34. The molecule has 0 radical (unpaired) electrons. The van der Waals surface area contributed by atoms with Crippen LogP contribution in [0.1, 0.15) is 11.1 Å². The van der Waals surface area contributed by atoms with E-state index in [1.54, 1.807) is 54.6 Å². The number of sulfonamides is 1. The van der Waals surface area contributed by atoms with Gasteiger partial charge in [-0.3, -0.25) is 4.79 Å². The number of benzene rings is 3. The first-order chi connectivity index (χ1) is 15.8. The molecule has 0 saturated carbocycles. The lowest BCUT2D eigenvalue weighted by atomic mass is 10.2. The lowest BCUT2D eigenvalue weighted by molar-refractivity contribution is -0.121. The molecule has 0 atom stereocenters. The average Bonchev–Trinajstić information content (AvgIpc) is 2.82. The molecule has 0 aliphatic rings. The number of nitrogens with one attached hydrogen (secondary N) is 1. The number of ether oxygens (including phenoxy) is 1. The van der Waals surface area contributed by atoms with Crippen LogP contribution >= 0.6 is 23.2 Å². The second-order valence-corrected chi connectivity index (χ2v) is 9.62. The fourth-order valence-corrected chi connectivity index (χ4v) is 4.68. The highest BCUT2D eigenvalue weighted by Gasteiger charge is 2.27. The van der Waals surface area contributed by atoms with Gasteiger partial charge in [-0.1, -0.05) is 59.6 Å². The number of amides is 1. The monoisotopic (exact) mass is 505 g/mol. The summed E-state index contributed by atoms with van der Waals surface area (Å²) in [5.41, 5.74) is 3.60. The van der Waals surface area contributed by atoms with Crippen LogP contribution in [0.3, 0.4) is 0 Å². The number of carbonyl (C=O) groups is 1. The summed E-state index contributed by atoms with van der Waals surface area (Å²) in [6, 6.07) is 19.8. The van der Waals surface area contributed by atoms with Crippen LogP contribution in [0.2, 0.25) is 10.0 Å². The molecule has 0 aliphatic carbocycles. The van der Waals surface area contributed by atoms with Gasteiger partial charge in [-0.15, -0.1) is 0 Å². The maximum absolute atomic E-state index is 13.2. The molecule has 0 aliphatic heterocycles. The van der Waals surface area contributed by atoms with E-state index in [0.717, 1.165) is 4.31 Å². The van der Waals surface area contributed by atoms with Gasteiger partial charge >= 0.3 is 0 Å². The van der Waals surface area contributed by atoms with E-state index >= 15 is 0 Å². The number of halogens is 2. The molecular weight excluding hydrogens is 485 g/mol. The van der Waals surface area contributed by atoms with Crippen LogP contribution in [0.4, 0.5) is 0 Å². The van der Waals surface area contributed by atoms with Crippen LogP contribution in [-0.2, 0) is 21.4 Å². The molecule has 10 heteroatoms. The minimum atomic E-state index is -3.98. The van der Waals surface area contributed by atoms with Gasteiger partial charge in [0.25, 0.3) is 5.91 Å². The summed E-state index contributed by atoms with van der Waals surface area (Å²) in [4.78, 5) is 12.6. The minimum Gasteiger partial charge on any atom is -0.496 e. The van der Waals surface area contributed by atoms with E-state index < -0.39 is 22.5 Å². The average molecular weight is 506 g/mol. The zero-order valence-corrected chi connectivity index (χ0v) is 19.9. The number of hydrogen-bond acceptors (Lipinski definition) is 5. The molecule has 3 aromatic rings. The van der Waals surface area contributed by atoms with E-state index in [0.29, 0.717) is 21.9 Å². The Morgan fingerprint density at radius 1 is 1.03 bits per heavy atom. The van der Waals surface area contributed by atoms with E-state index in [9.17, 15) is 13.2 Å². The van der Waals surface area contributed by atoms with E-state index in [2.05, 4.69) is 10.5 Å². The van der Waals surface area contributed by atoms with Gasteiger partial charge in [-0.05, 0) is 42.0 Å². The maximum Gasteiger partial charge on any atom is 0.255 e. The summed E-state index contributed by atoms with van der Waals surface area (Å²) in [6.07, 6.45) is 1.42. The third-order valence-corrected chi connectivity index (χ3v) is 7.12. The van der Waals surface area contributed by atoms with Crippen LogP contribution in [0.5, 0.6) is 5.75 Å². The van der Waals surface area contributed by atoms with Crippen molar-refractivity contribution >= 4 is 45.3 Å². The van der Waals surface area contributed by atoms with Gasteiger partial charge in [-0.2, -0.15) is 9.41 Å². The lowest BCUT2D eigenvalue weighted by Gasteiger charge is -2.21. The van der Waals surface area contributed by atoms with Crippen molar-refractivity contribution in [2.75, 3.05) is 13.7 Å². The van der Waals surface area contributed by atoms with Gasteiger partial charge in [0.2, 0.25) is 10.0 Å². The highest BCUT2D eigenvalue weighted by molar-refractivity contribution is 7.89. The minimum absolute atomic E-state index is 0.0652. The molecule has 0 heterocycles. The van der Waals surface area contributed by atoms with Gasteiger partial charge in [-0.25, -0.2) is 13.8 Å². The number of para-hydroxylation sites is 1. The number of methoxy groups -OCH3 is 1. The van der Waals surface area contributed by atoms with Gasteiger partial charge in [0, 0.05) is 12.1 Å². The van der Waals surface area contributed by atoms with E-state index in [-0.39, 0.29) is 16.5 Å². The molecule has 7 nitrogen and oxygen atoms in total. The van der Waals surface area contributed by atoms with E-state index in [1.807, 2.05) is 6.07 Å². The Morgan fingerprint density at radius 2 is 1.73 bits per heavy atom. The van der Waals surface area contributed by atoms with Crippen LogP contribution in [0.15, 0.2) is 82.8 Å². The van der Waals surface area contributed by atoms with Crippen molar-refractivity contribution in [3.8, 4) is 5.75 Å². The SMILES string of the molecule is COc1ccccc1/C=N/NC(=O)CN(Cc1ccc(Cl)c(Cl)c1)S(=O)(=O)c1ccccc1. The fraction of sp³-hybridized carbons (Fsp3) is 0.130. The topological polar surface area (TPSA) is 88.1 Å². The number of hydrogen-bond donors (Lipinski definition) is 1. The molecule has 1 N–H and O–H groups in total. The number of nitrogens with zero attached hydrogens (tertiary/aromatic N) is 2. The Balaban J connectivity index is 1.80. The van der Waals surface area contributed by atoms with Crippen molar-refractivity contribution in [3.05, 3.63) is 94.0 Å². The molecule has 0 saturated heterocycles. The second-order valence-electron chi connectivity index (χ2n) is 6.87. The molecule has 0 unspecified atom stereocenters. The Labute approximate surface area is 202 Å². The zero-order valence-electron chi connectivity index (χ0n) is 17.6. The third-order valence-electron chi connectivity index (χ3n) is 4.58. The van der Waals surface area contributed by atoms with Crippen molar-refractivity contribution in [1.29, 1.82) is 0 Å². The van der Waals surface area contributed by atoms with Crippen molar-refractivity contribution in [2.24, 2.45) is 5.10 Å². The molecule has 0 fully saturated rings. The maximum atomic E-state index is 13.2. The first-order valence-corrected chi connectivity index (χ1v) is 11.9. The smallest absolute Gasteiger partial charge is 0.255 e.